The minimum absolute atomic E-state index is 0.0122. The number of benzene rings is 2. The maximum atomic E-state index is 13.2. The van der Waals surface area contributed by atoms with Gasteiger partial charge in [-0.1, -0.05) is 42.5 Å². The van der Waals surface area contributed by atoms with Crippen LogP contribution in [0.1, 0.15) is 31.9 Å². The van der Waals surface area contributed by atoms with Gasteiger partial charge in [0.15, 0.2) is 0 Å². The molecule has 0 spiro atoms. The minimum atomic E-state index is -0.626. The van der Waals surface area contributed by atoms with Crippen LogP contribution >= 0.6 is 0 Å². The van der Waals surface area contributed by atoms with Crippen molar-refractivity contribution in [3.63, 3.8) is 0 Å². The van der Waals surface area contributed by atoms with Crippen LogP contribution in [0.3, 0.4) is 0 Å². The van der Waals surface area contributed by atoms with E-state index in [4.69, 9.17) is 0 Å². The van der Waals surface area contributed by atoms with Crippen molar-refractivity contribution in [2.24, 2.45) is 0 Å². The molecule has 1 N–H and O–H groups in total. The molecule has 2 rings (SSSR count). The molecule has 1 unspecified atom stereocenters. The van der Waals surface area contributed by atoms with Gasteiger partial charge in [-0.2, -0.15) is 0 Å². The molecule has 0 aliphatic rings. The first-order valence-electron chi connectivity index (χ1n) is 8.75. The zero-order valence-corrected chi connectivity index (χ0v) is 15.4. The molecule has 0 aliphatic heterocycles. The summed E-state index contributed by atoms with van der Waals surface area (Å²) in [7, 11) is 0. The van der Waals surface area contributed by atoms with E-state index < -0.39 is 6.04 Å². The van der Waals surface area contributed by atoms with Gasteiger partial charge in [-0.15, -0.1) is 0 Å². The molecule has 2 aromatic carbocycles. The Kier molecular flexibility index (Phi) is 6.89. The van der Waals surface area contributed by atoms with Gasteiger partial charge in [0, 0.05) is 12.6 Å². The van der Waals surface area contributed by atoms with Gasteiger partial charge in [-0.3, -0.25) is 9.59 Å². The van der Waals surface area contributed by atoms with E-state index in [-0.39, 0.29) is 36.6 Å². The fourth-order valence-electron chi connectivity index (χ4n) is 2.65. The number of hydrogen-bond acceptors (Lipinski definition) is 2. The molecule has 26 heavy (non-hydrogen) atoms. The zero-order valence-electron chi connectivity index (χ0n) is 15.4. The third kappa shape index (κ3) is 5.69. The average Bonchev–Trinajstić information content (AvgIpc) is 2.60. The van der Waals surface area contributed by atoms with Crippen LogP contribution in [-0.2, 0) is 22.6 Å². The Bertz CT molecular complexity index is 729. The van der Waals surface area contributed by atoms with Gasteiger partial charge in [0.2, 0.25) is 11.8 Å². The summed E-state index contributed by atoms with van der Waals surface area (Å²) in [5.74, 6) is -0.683. The molecule has 1 atom stereocenters. The molecule has 2 amide bonds. The lowest BCUT2D eigenvalue weighted by molar-refractivity contribution is -0.140. The van der Waals surface area contributed by atoms with Crippen LogP contribution in [-0.4, -0.2) is 28.8 Å². The second-order valence-electron chi connectivity index (χ2n) is 6.65. The quantitative estimate of drug-likeness (QED) is 0.827. The van der Waals surface area contributed by atoms with Gasteiger partial charge in [0.25, 0.3) is 0 Å². The molecule has 0 saturated carbocycles. The molecule has 0 radical (unpaired) electrons. The Morgan fingerprint density at radius 3 is 2.15 bits per heavy atom. The van der Waals surface area contributed by atoms with Crippen molar-refractivity contribution < 1.29 is 14.0 Å². The summed E-state index contributed by atoms with van der Waals surface area (Å²) < 4.78 is 13.2. The van der Waals surface area contributed by atoms with Gasteiger partial charge in [0.05, 0.1) is 6.42 Å². The topological polar surface area (TPSA) is 49.4 Å². The highest BCUT2D eigenvalue weighted by molar-refractivity contribution is 5.88. The van der Waals surface area contributed by atoms with E-state index in [1.54, 1.807) is 19.1 Å². The van der Waals surface area contributed by atoms with Gasteiger partial charge in [-0.25, -0.2) is 4.39 Å². The van der Waals surface area contributed by atoms with Crippen LogP contribution in [0.2, 0.25) is 0 Å². The average molecular weight is 356 g/mol. The number of nitrogens with one attached hydrogen (secondary N) is 1. The first-order valence-corrected chi connectivity index (χ1v) is 8.75. The molecule has 0 heterocycles. The number of rotatable bonds is 7. The highest BCUT2D eigenvalue weighted by atomic mass is 19.1. The van der Waals surface area contributed by atoms with Crippen LogP contribution in [0.15, 0.2) is 54.6 Å². The van der Waals surface area contributed by atoms with Crippen molar-refractivity contribution in [3.05, 3.63) is 71.5 Å². The first kappa shape index (κ1) is 19.6. The van der Waals surface area contributed by atoms with Crippen molar-refractivity contribution >= 4 is 11.8 Å². The molecule has 0 aromatic heterocycles. The Hall–Kier alpha value is -2.69. The van der Waals surface area contributed by atoms with E-state index in [0.29, 0.717) is 0 Å². The van der Waals surface area contributed by atoms with Crippen LogP contribution in [0.25, 0.3) is 0 Å². The smallest absolute Gasteiger partial charge is 0.242 e. The highest BCUT2D eigenvalue weighted by Gasteiger charge is 2.26. The maximum Gasteiger partial charge on any atom is 0.242 e. The van der Waals surface area contributed by atoms with E-state index in [0.717, 1.165) is 11.1 Å². The molecular weight excluding hydrogens is 331 g/mol. The monoisotopic (exact) mass is 356 g/mol. The second kappa shape index (κ2) is 9.13. The van der Waals surface area contributed by atoms with Crippen molar-refractivity contribution in [2.45, 2.75) is 45.8 Å². The third-order valence-electron chi connectivity index (χ3n) is 4.06. The van der Waals surface area contributed by atoms with Crippen molar-refractivity contribution in [2.75, 3.05) is 0 Å². The van der Waals surface area contributed by atoms with E-state index in [1.807, 2.05) is 44.2 Å². The summed E-state index contributed by atoms with van der Waals surface area (Å²) in [4.78, 5) is 26.9. The lowest BCUT2D eigenvalue weighted by Gasteiger charge is -2.29. The molecule has 0 saturated heterocycles. The lowest BCUT2D eigenvalue weighted by Crippen LogP contribution is -2.49. The normalized spacial score (nSPS) is 11.9. The SMILES string of the molecule is CC(C)NC(=O)C(C)N(Cc1ccc(F)cc1)C(=O)Cc1ccccc1. The largest absolute Gasteiger partial charge is 0.352 e. The summed E-state index contributed by atoms with van der Waals surface area (Å²) in [6, 6.07) is 14.7. The van der Waals surface area contributed by atoms with E-state index in [2.05, 4.69) is 5.32 Å². The van der Waals surface area contributed by atoms with Crippen LogP contribution in [0, 0.1) is 5.82 Å². The summed E-state index contributed by atoms with van der Waals surface area (Å²) in [6.07, 6.45) is 0.210. The number of amides is 2. The number of hydrogen-bond donors (Lipinski definition) is 1. The first-order chi connectivity index (χ1) is 12.4. The van der Waals surface area contributed by atoms with Crippen LogP contribution in [0.4, 0.5) is 4.39 Å². The van der Waals surface area contributed by atoms with Gasteiger partial charge in [0.1, 0.15) is 11.9 Å². The summed E-state index contributed by atoms with van der Waals surface area (Å²) in [6.45, 7) is 5.71. The number of nitrogens with zero attached hydrogens (tertiary/aromatic N) is 1. The number of carbonyl (C=O) groups excluding carboxylic acids is 2. The van der Waals surface area contributed by atoms with Gasteiger partial charge in [-0.05, 0) is 44.0 Å². The van der Waals surface area contributed by atoms with E-state index in [9.17, 15) is 14.0 Å². The van der Waals surface area contributed by atoms with Crippen molar-refractivity contribution in [1.82, 2.24) is 10.2 Å². The summed E-state index contributed by atoms with van der Waals surface area (Å²) in [5, 5.41) is 2.84. The Balaban J connectivity index is 2.20. The zero-order chi connectivity index (χ0) is 19.1. The Morgan fingerprint density at radius 2 is 1.58 bits per heavy atom. The van der Waals surface area contributed by atoms with Crippen molar-refractivity contribution in [1.29, 1.82) is 0 Å². The predicted molar refractivity (Wildman–Crippen MR) is 99.8 cm³/mol. The molecule has 0 bridgehead atoms. The summed E-state index contributed by atoms with van der Waals surface area (Å²) >= 11 is 0. The molecule has 138 valence electrons. The molecule has 0 aliphatic carbocycles. The van der Waals surface area contributed by atoms with E-state index in [1.165, 1.54) is 17.0 Å². The molecule has 5 heteroatoms. The highest BCUT2D eigenvalue weighted by Crippen LogP contribution is 2.13. The Morgan fingerprint density at radius 1 is 0.962 bits per heavy atom. The predicted octanol–water partition coefficient (Wildman–Crippen LogP) is 3.31. The van der Waals surface area contributed by atoms with Gasteiger partial charge < -0.3 is 10.2 Å². The molecule has 0 fully saturated rings. The summed E-state index contributed by atoms with van der Waals surface area (Å²) in [5.41, 5.74) is 1.66. The van der Waals surface area contributed by atoms with Crippen LogP contribution in [0.5, 0.6) is 0 Å². The number of carbonyl (C=O) groups is 2. The third-order valence-corrected chi connectivity index (χ3v) is 4.06. The second-order valence-corrected chi connectivity index (χ2v) is 6.65. The minimum Gasteiger partial charge on any atom is -0.352 e. The van der Waals surface area contributed by atoms with E-state index >= 15 is 0 Å². The fraction of sp³-hybridized carbons (Fsp3) is 0.333. The van der Waals surface area contributed by atoms with Crippen molar-refractivity contribution in [3.8, 4) is 0 Å². The van der Waals surface area contributed by atoms with Crippen LogP contribution < -0.4 is 5.32 Å². The standard InChI is InChI=1S/C21H25FN2O2/c1-15(2)23-21(26)16(3)24(14-18-9-11-19(22)12-10-18)20(25)13-17-7-5-4-6-8-17/h4-12,15-16H,13-14H2,1-3H3,(H,23,26). The Labute approximate surface area is 154 Å². The lowest BCUT2D eigenvalue weighted by atomic mass is 10.1. The molecular formula is C21H25FN2O2. The maximum absolute atomic E-state index is 13.2. The number of halogens is 1. The molecule has 2 aromatic rings. The fourth-order valence-corrected chi connectivity index (χ4v) is 2.65. The van der Waals surface area contributed by atoms with Gasteiger partial charge >= 0.3 is 0 Å². The molecule has 4 nitrogen and oxygen atoms in total.